The van der Waals surface area contributed by atoms with Gasteiger partial charge in [0.2, 0.25) is 0 Å². The van der Waals surface area contributed by atoms with Gasteiger partial charge in [0, 0.05) is 23.6 Å². The summed E-state index contributed by atoms with van der Waals surface area (Å²) in [5, 5.41) is 10.5. The van der Waals surface area contributed by atoms with E-state index in [1.165, 1.54) is 33.2 Å². The van der Waals surface area contributed by atoms with Gasteiger partial charge in [-0.2, -0.15) is 0 Å². The second-order valence-electron chi connectivity index (χ2n) is 8.30. The van der Waals surface area contributed by atoms with Crippen LogP contribution in [0.5, 0.6) is 0 Å². The highest BCUT2D eigenvalue weighted by atomic mass is 16.4. The van der Waals surface area contributed by atoms with E-state index in [1.54, 1.807) is 12.1 Å². The number of H-pyrrole nitrogens is 1. The standard InChI is InChI=1S/C24H28N2O2/c1-15-12-16(2)23-20(8-10-25-23)21(15)13-19-9-11-26(3)14-22(19)17-4-6-18(7-5-17)24(27)28/h4-8,10,12,19,22,25H,9,11,13-14H2,1-3H3,(H,27,28)/t19-,22-/m1/s1. The number of aromatic nitrogens is 1. The molecule has 0 amide bonds. The topological polar surface area (TPSA) is 56.3 Å². The molecule has 2 atom stereocenters. The van der Waals surface area contributed by atoms with Crippen LogP contribution < -0.4 is 0 Å². The van der Waals surface area contributed by atoms with Crippen LogP contribution in [0.3, 0.4) is 0 Å². The zero-order valence-electron chi connectivity index (χ0n) is 16.8. The van der Waals surface area contributed by atoms with E-state index in [0.29, 0.717) is 17.4 Å². The van der Waals surface area contributed by atoms with Crippen LogP contribution >= 0.6 is 0 Å². The normalized spacial score (nSPS) is 20.5. The lowest BCUT2D eigenvalue weighted by molar-refractivity contribution is 0.0697. The number of carboxylic acid groups (broad SMARTS) is 1. The Balaban J connectivity index is 1.67. The molecule has 1 aromatic heterocycles. The van der Waals surface area contributed by atoms with Gasteiger partial charge in [-0.3, -0.25) is 0 Å². The number of aryl methyl sites for hydroxylation is 2. The minimum atomic E-state index is -0.867. The molecule has 0 unspecified atom stereocenters. The molecule has 4 nitrogen and oxygen atoms in total. The number of carbonyl (C=O) groups is 1. The number of benzene rings is 2. The van der Waals surface area contributed by atoms with E-state index in [2.05, 4.69) is 42.9 Å². The molecule has 4 heteroatoms. The first-order chi connectivity index (χ1) is 13.4. The first-order valence-electron chi connectivity index (χ1n) is 10.0. The van der Waals surface area contributed by atoms with Crippen molar-refractivity contribution in [2.45, 2.75) is 32.6 Å². The van der Waals surface area contributed by atoms with Crippen LogP contribution in [0.1, 0.15) is 45.0 Å². The Labute approximate surface area is 166 Å². The van der Waals surface area contributed by atoms with E-state index in [-0.39, 0.29) is 0 Å². The molecule has 0 saturated carbocycles. The van der Waals surface area contributed by atoms with Gasteiger partial charge in [-0.15, -0.1) is 0 Å². The third-order valence-corrected chi connectivity index (χ3v) is 6.39. The van der Waals surface area contributed by atoms with Crippen LogP contribution in [-0.2, 0) is 6.42 Å². The molecular formula is C24H28N2O2. The van der Waals surface area contributed by atoms with Crippen molar-refractivity contribution in [3.63, 3.8) is 0 Å². The maximum Gasteiger partial charge on any atom is 0.335 e. The summed E-state index contributed by atoms with van der Waals surface area (Å²) >= 11 is 0. The van der Waals surface area contributed by atoms with Crippen LogP contribution in [0.15, 0.2) is 42.6 Å². The third-order valence-electron chi connectivity index (χ3n) is 6.39. The van der Waals surface area contributed by atoms with Gasteiger partial charge in [-0.25, -0.2) is 4.79 Å². The zero-order chi connectivity index (χ0) is 19.8. The van der Waals surface area contributed by atoms with E-state index in [9.17, 15) is 9.90 Å². The fraction of sp³-hybridized carbons (Fsp3) is 0.375. The Kier molecular flexibility index (Phi) is 4.98. The van der Waals surface area contributed by atoms with Crippen LogP contribution in [0.4, 0.5) is 0 Å². The SMILES string of the molecule is Cc1cc(C)c2[nH]ccc2c1C[C@H]1CCN(C)C[C@@H]1c1ccc(C(=O)O)cc1. The van der Waals surface area contributed by atoms with E-state index in [1.807, 2.05) is 18.3 Å². The number of fused-ring (bicyclic) bond motifs is 1. The molecule has 0 spiro atoms. The van der Waals surface area contributed by atoms with Gasteiger partial charge in [-0.1, -0.05) is 18.2 Å². The number of nitrogens with zero attached hydrogens (tertiary/aromatic N) is 1. The molecule has 2 aromatic carbocycles. The van der Waals surface area contributed by atoms with Crippen molar-refractivity contribution in [2.24, 2.45) is 5.92 Å². The first kappa shape index (κ1) is 18.8. The molecule has 0 bridgehead atoms. The van der Waals surface area contributed by atoms with Crippen molar-refractivity contribution in [3.05, 3.63) is 70.4 Å². The number of rotatable bonds is 4. The minimum Gasteiger partial charge on any atom is -0.478 e. The molecular weight excluding hydrogens is 348 g/mol. The largest absolute Gasteiger partial charge is 0.478 e. The fourth-order valence-corrected chi connectivity index (χ4v) is 4.84. The van der Waals surface area contributed by atoms with Crippen molar-refractivity contribution >= 4 is 16.9 Å². The maximum absolute atomic E-state index is 11.2. The summed E-state index contributed by atoms with van der Waals surface area (Å²) in [5.41, 5.74) is 6.96. The van der Waals surface area contributed by atoms with Crippen LogP contribution in [0.2, 0.25) is 0 Å². The lowest BCUT2D eigenvalue weighted by Crippen LogP contribution is -2.37. The predicted molar refractivity (Wildman–Crippen MR) is 113 cm³/mol. The second-order valence-corrected chi connectivity index (χ2v) is 8.30. The quantitative estimate of drug-likeness (QED) is 0.690. The molecule has 1 fully saturated rings. The van der Waals surface area contributed by atoms with E-state index in [4.69, 9.17) is 0 Å². The molecule has 0 radical (unpaired) electrons. The number of aromatic amines is 1. The number of piperidine rings is 1. The summed E-state index contributed by atoms with van der Waals surface area (Å²) in [7, 11) is 2.18. The minimum absolute atomic E-state index is 0.355. The Hall–Kier alpha value is -2.59. The Morgan fingerprint density at radius 3 is 2.64 bits per heavy atom. The highest BCUT2D eigenvalue weighted by Gasteiger charge is 2.30. The number of likely N-dealkylation sites (tertiary alicyclic amines) is 1. The van der Waals surface area contributed by atoms with Gasteiger partial charge < -0.3 is 15.0 Å². The average Bonchev–Trinajstić information content (AvgIpc) is 3.16. The maximum atomic E-state index is 11.2. The van der Waals surface area contributed by atoms with Gasteiger partial charge in [0.05, 0.1) is 5.56 Å². The number of nitrogens with one attached hydrogen (secondary N) is 1. The molecule has 146 valence electrons. The zero-order valence-corrected chi connectivity index (χ0v) is 16.8. The molecule has 1 aliphatic rings. The Morgan fingerprint density at radius 2 is 1.93 bits per heavy atom. The smallest absolute Gasteiger partial charge is 0.335 e. The molecule has 3 aromatic rings. The fourth-order valence-electron chi connectivity index (χ4n) is 4.84. The van der Waals surface area contributed by atoms with Crippen LogP contribution in [-0.4, -0.2) is 41.1 Å². The lowest BCUT2D eigenvalue weighted by atomic mass is 9.76. The highest BCUT2D eigenvalue weighted by Crippen LogP contribution is 2.37. The first-order valence-corrected chi connectivity index (χ1v) is 10.0. The van der Waals surface area contributed by atoms with Crippen molar-refractivity contribution in [3.8, 4) is 0 Å². The van der Waals surface area contributed by atoms with E-state index in [0.717, 1.165) is 25.9 Å². The molecule has 28 heavy (non-hydrogen) atoms. The molecule has 1 aliphatic heterocycles. The lowest BCUT2D eigenvalue weighted by Gasteiger charge is -2.37. The summed E-state index contributed by atoms with van der Waals surface area (Å²) in [6, 6.07) is 12.0. The number of aromatic carboxylic acids is 1. The van der Waals surface area contributed by atoms with Crippen molar-refractivity contribution in [1.82, 2.24) is 9.88 Å². The van der Waals surface area contributed by atoms with Crippen molar-refractivity contribution in [2.75, 3.05) is 20.1 Å². The summed E-state index contributed by atoms with van der Waals surface area (Å²) in [4.78, 5) is 17.0. The highest BCUT2D eigenvalue weighted by molar-refractivity contribution is 5.88. The van der Waals surface area contributed by atoms with E-state index < -0.39 is 5.97 Å². The summed E-state index contributed by atoms with van der Waals surface area (Å²) < 4.78 is 0. The number of hydrogen-bond acceptors (Lipinski definition) is 2. The van der Waals surface area contributed by atoms with Gasteiger partial charge in [-0.05, 0) is 92.6 Å². The van der Waals surface area contributed by atoms with Crippen LogP contribution in [0, 0.1) is 19.8 Å². The predicted octanol–water partition coefficient (Wildman–Crippen LogP) is 4.76. The third kappa shape index (κ3) is 3.45. The monoisotopic (exact) mass is 376 g/mol. The number of hydrogen-bond donors (Lipinski definition) is 2. The summed E-state index contributed by atoms with van der Waals surface area (Å²) in [6.45, 7) is 6.51. The van der Waals surface area contributed by atoms with Crippen LogP contribution in [0.25, 0.3) is 10.9 Å². The molecule has 1 saturated heterocycles. The van der Waals surface area contributed by atoms with E-state index >= 15 is 0 Å². The average molecular weight is 377 g/mol. The summed E-state index contributed by atoms with van der Waals surface area (Å²) in [5.74, 6) is 0.0941. The van der Waals surface area contributed by atoms with Gasteiger partial charge >= 0.3 is 5.97 Å². The second kappa shape index (κ2) is 7.44. The van der Waals surface area contributed by atoms with Crippen molar-refractivity contribution in [1.29, 1.82) is 0 Å². The molecule has 2 N–H and O–H groups in total. The molecule has 2 heterocycles. The van der Waals surface area contributed by atoms with Gasteiger partial charge in [0.1, 0.15) is 0 Å². The Bertz CT molecular complexity index is 1000. The molecule has 4 rings (SSSR count). The number of carboxylic acids is 1. The molecule has 0 aliphatic carbocycles. The summed E-state index contributed by atoms with van der Waals surface area (Å²) in [6.07, 6.45) is 4.25. The van der Waals surface area contributed by atoms with Crippen molar-refractivity contribution < 1.29 is 9.90 Å². The van der Waals surface area contributed by atoms with Gasteiger partial charge in [0.25, 0.3) is 0 Å². The Morgan fingerprint density at radius 1 is 1.18 bits per heavy atom. The van der Waals surface area contributed by atoms with Gasteiger partial charge in [0.15, 0.2) is 0 Å². The number of likely N-dealkylation sites (N-methyl/N-ethyl adjacent to an activating group) is 1.